The largest absolute Gasteiger partial charge is 0.345 e. The van der Waals surface area contributed by atoms with E-state index in [0.29, 0.717) is 9.23 Å². The fourth-order valence-electron chi connectivity index (χ4n) is 2.79. The Bertz CT molecular complexity index is 852. The normalized spacial score (nSPS) is 16.5. The van der Waals surface area contributed by atoms with Crippen LogP contribution in [-0.2, 0) is 4.79 Å². The van der Waals surface area contributed by atoms with E-state index in [-0.39, 0.29) is 11.4 Å². The molecule has 0 aromatic heterocycles. The number of rotatable bonds is 3. The van der Waals surface area contributed by atoms with Crippen LogP contribution in [-0.4, -0.2) is 27.7 Å². The quantitative estimate of drug-likeness (QED) is 0.520. The number of carbonyl (C=O) groups excluding carboxylic acids is 1. The van der Waals surface area contributed by atoms with Crippen molar-refractivity contribution < 1.29 is 4.79 Å². The molecule has 26 heavy (non-hydrogen) atoms. The zero-order valence-electron chi connectivity index (χ0n) is 15.4. The summed E-state index contributed by atoms with van der Waals surface area (Å²) >= 11 is 6.76. The van der Waals surface area contributed by atoms with E-state index in [1.165, 1.54) is 11.8 Å². The topological polar surface area (TPSA) is 23.6 Å². The Labute approximate surface area is 164 Å². The van der Waals surface area contributed by atoms with Gasteiger partial charge in [0, 0.05) is 24.0 Å². The molecule has 2 aromatic carbocycles. The number of amides is 1. The molecule has 3 rings (SSSR count). The monoisotopic (exact) mass is 382 g/mol. The van der Waals surface area contributed by atoms with Gasteiger partial charge < -0.3 is 4.90 Å². The van der Waals surface area contributed by atoms with Crippen LogP contribution in [0.1, 0.15) is 26.3 Å². The van der Waals surface area contributed by atoms with Gasteiger partial charge in [-0.05, 0) is 56.7 Å². The molecule has 0 unspecified atom stereocenters. The molecule has 0 spiro atoms. The van der Waals surface area contributed by atoms with Gasteiger partial charge in [0.2, 0.25) is 0 Å². The highest BCUT2D eigenvalue weighted by molar-refractivity contribution is 8.26. The van der Waals surface area contributed by atoms with Gasteiger partial charge in [-0.2, -0.15) is 0 Å². The van der Waals surface area contributed by atoms with Gasteiger partial charge in [0.05, 0.1) is 4.91 Å². The molecule has 134 valence electrons. The number of thiocarbonyl (C=S) groups is 1. The zero-order chi connectivity index (χ0) is 18.9. The van der Waals surface area contributed by atoms with Crippen molar-refractivity contribution in [3.63, 3.8) is 0 Å². The summed E-state index contributed by atoms with van der Waals surface area (Å²) in [6.07, 6.45) is 1.91. The summed E-state index contributed by atoms with van der Waals surface area (Å²) in [4.78, 5) is 17.2. The van der Waals surface area contributed by atoms with E-state index in [9.17, 15) is 4.79 Å². The maximum Gasteiger partial charge on any atom is 0.266 e. The first-order valence-electron chi connectivity index (χ1n) is 8.44. The van der Waals surface area contributed by atoms with E-state index in [1.807, 2.05) is 64.2 Å². The Balaban J connectivity index is 1.81. The van der Waals surface area contributed by atoms with Crippen LogP contribution in [0.3, 0.4) is 0 Å². The lowest BCUT2D eigenvalue weighted by atomic mass is 10.1. The average Bonchev–Trinajstić information content (AvgIpc) is 2.89. The molecule has 1 amide bonds. The van der Waals surface area contributed by atoms with E-state index in [1.54, 1.807) is 4.90 Å². The molecular weight excluding hydrogens is 360 g/mol. The second kappa shape index (κ2) is 7.25. The van der Waals surface area contributed by atoms with E-state index < -0.39 is 0 Å². The predicted molar refractivity (Wildman–Crippen MR) is 116 cm³/mol. The van der Waals surface area contributed by atoms with Crippen LogP contribution < -0.4 is 4.90 Å². The van der Waals surface area contributed by atoms with Crippen LogP contribution in [0, 0.1) is 0 Å². The highest BCUT2D eigenvalue weighted by Gasteiger charge is 2.38. The molecule has 2 aromatic rings. The lowest BCUT2D eigenvalue weighted by molar-refractivity contribution is -0.125. The lowest BCUT2D eigenvalue weighted by Gasteiger charge is -2.30. The molecule has 1 saturated heterocycles. The average molecular weight is 383 g/mol. The highest BCUT2D eigenvalue weighted by Crippen LogP contribution is 2.37. The smallest absolute Gasteiger partial charge is 0.266 e. The summed E-state index contributed by atoms with van der Waals surface area (Å²) in [6.45, 7) is 5.98. The third-order valence-electron chi connectivity index (χ3n) is 4.19. The molecule has 1 aliphatic rings. The zero-order valence-corrected chi connectivity index (χ0v) is 17.0. The van der Waals surface area contributed by atoms with E-state index >= 15 is 0 Å². The second-order valence-electron chi connectivity index (χ2n) is 7.17. The Morgan fingerprint density at radius 2 is 1.58 bits per heavy atom. The Hall–Kier alpha value is -2.11. The number of hydrogen-bond donors (Lipinski definition) is 0. The molecule has 1 aliphatic heterocycles. The SMILES string of the molecule is CN(c1ccccc1)c1ccc(/C=C2/SC(=S)N(C(C)(C)C)C2=O)cc1. The van der Waals surface area contributed by atoms with Crippen LogP contribution in [0.5, 0.6) is 0 Å². The number of anilines is 2. The van der Waals surface area contributed by atoms with Crippen molar-refractivity contribution in [2.45, 2.75) is 26.3 Å². The van der Waals surface area contributed by atoms with E-state index in [2.05, 4.69) is 29.2 Å². The number of carbonyl (C=O) groups is 1. The van der Waals surface area contributed by atoms with Crippen molar-refractivity contribution >= 4 is 51.7 Å². The molecule has 1 fully saturated rings. The van der Waals surface area contributed by atoms with Crippen LogP contribution in [0.4, 0.5) is 11.4 Å². The molecule has 0 atom stereocenters. The minimum Gasteiger partial charge on any atom is -0.345 e. The standard InChI is InChI=1S/C21H22N2OS2/c1-21(2,3)23-19(24)18(26-20(23)25)14-15-10-12-17(13-11-15)22(4)16-8-6-5-7-9-16/h5-14H,1-4H3/b18-14+. The summed E-state index contributed by atoms with van der Waals surface area (Å²) in [5.41, 5.74) is 2.91. The van der Waals surface area contributed by atoms with Gasteiger partial charge in [0.15, 0.2) is 0 Å². The Kier molecular flexibility index (Phi) is 5.21. The van der Waals surface area contributed by atoms with E-state index in [0.717, 1.165) is 16.9 Å². The molecular formula is C21H22N2OS2. The number of nitrogens with zero attached hydrogens (tertiary/aromatic N) is 2. The van der Waals surface area contributed by atoms with Gasteiger partial charge in [-0.1, -0.05) is 54.3 Å². The number of para-hydroxylation sites is 1. The number of benzene rings is 2. The van der Waals surface area contributed by atoms with Gasteiger partial charge >= 0.3 is 0 Å². The molecule has 5 heteroatoms. The van der Waals surface area contributed by atoms with Crippen LogP contribution in [0.15, 0.2) is 59.5 Å². The first kappa shape index (κ1) is 18.7. The highest BCUT2D eigenvalue weighted by atomic mass is 32.2. The predicted octanol–water partition coefficient (Wildman–Crippen LogP) is 5.45. The maximum atomic E-state index is 12.7. The van der Waals surface area contributed by atoms with Crippen LogP contribution in [0.25, 0.3) is 6.08 Å². The van der Waals surface area contributed by atoms with Crippen molar-refractivity contribution in [3.8, 4) is 0 Å². The molecule has 0 bridgehead atoms. The molecule has 0 aliphatic carbocycles. The Morgan fingerprint density at radius 1 is 1.00 bits per heavy atom. The lowest BCUT2D eigenvalue weighted by Crippen LogP contribution is -2.44. The summed E-state index contributed by atoms with van der Waals surface area (Å²) in [5.74, 6) is -0.0158. The summed E-state index contributed by atoms with van der Waals surface area (Å²) in [7, 11) is 2.04. The van der Waals surface area contributed by atoms with Crippen LogP contribution >= 0.6 is 24.0 Å². The molecule has 0 radical (unpaired) electrons. The minimum atomic E-state index is -0.307. The van der Waals surface area contributed by atoms with Gasteiger partial charge in [-0.25, -0.2) is 0 Å². The first-order chi connectivity index (χ1) is 12.3. The van der Waals surface area contributed by atoms with Gasteiger partial charge in [0.25, 0.3) is 5.91 Å². The van der Waals surface area contributed by atoms with Crippen LogP contribution in [0.2, 0.25) is 0 Å². The third kappa shape index (κ3) is 3.84. The maximum absolute atomic E-state index is 12.7. The van der Waals surface area contributed by atoms with Gasteiger partial charge in [0.1, 0.15) is 4.32 Å². The Morgan fingerprint density at radius 3 is 2.12 bits per heavy atom. The van der Waals surface area contributed by atoms with Crippen molar-refractivity contribution in [2.75, 3.05) is 11.9 Å². The first-order valence-corrected chi connectivity index (χ1v) is 9.67. The van der Waals surface area contributed by atoms with Gasteiger partial charge in [-0.15, -0.1) is 0 Å². The molecule has 0 saturated carbocycles. The summed E-state index contributed by atoms with van der Waals surface area (Å²) in [6, 6.07) is 18.4. The molecule has 1 heterocycles. The van der Waals surface area contributed by atoms with Crippen molar-refractivity contribution in [1.29, 1.82) is 0 Å². The second-order valence-corrected chi connectivity index (χ2v) is 8.85. The van der Waals surface area contributed by atoms with Gasteiger partial charge in [-0.3, -0.25) is 9.69 Å². The fraction of sp³-hybridized carbons (Fsp3) is 0.238. The third-order valence-corrected chi connectivity index (χ3v) is 5.49. The summed E-state index contributed by atoms with van der Waals surface area (Å²) < 4.78 is 0.620. The van der Waals surface area contributed by atoms with Crippen molar-refractivity contribution in [1.82, 2.24) is 4.90 Å². The fourth-order valence-corrected chi connectivity index (χ4v) is 4.43. The summed E-state index contributed by atoms with van der Waals surface area (Å²) in [5, 5.41) is 0. The minimum absolute atomic E-state index is 0.0158. The van der Waals surface area contributed by atoms with E-state index in [4.69, 9.17) is 12.2 Å². The van der Waals surface area contributed by atoms with Crippen molar-refractivity contribution in [3.05, 3.63) is 65.1 Å². The number of hydrogen-bond acceptors (Lipinski definition) is 4. The van der Waals surface area contributed by atoms with Crippen molar-refractivity contribution in [2.24, 2.45) is 0 Å². The molecule has 0 N–H and O–H groups in total. The molecule has 3 nitrogen and oxygen atoms in total. The number of thioether (sulfide) groups is 1.